The Bertz CT molecular complexity index is 245. The zero-order chi connectivity index (χ0) is 12.7. The van der Waals surface area contributed by atoms with Gasteiger partial charge in [-0.05, 0) is 25.9 Å². The van der Waals surface area contributed by atoms with E-state index in [1.807, 2.05) is 11.8 Å². The molecule has 0 bridgehead atoms. The maximum atomic E-state index is 4.68. The highest BCUT2D eigenvalue weighted by atomic mass is 32.2. The molecule has 0 unspecified atom stereocenters. The monoisotopic (exact) mass is 257 g/mol. The van der Waals surface area contributed by atoms with Gasteiger partial charge in [0.05, 0.1) is 6.54 Å². The summed E-state index contributed by atoms with van der Waals surface area (Å²) in [7, 11) is 0. The Morgan fingerprint density at radius 2 is 1.88 bits per heavy atom. The second-order valence-corrected chi connectivity index (χ2v) is 5.58. The molecule has 4 heteroatoms. The minimum atomic E-state index is 0.304. The molecule has 1 rings (SSSR count). The van der Waals surface area contributed by atoms with Gasteiger partial charge in [-0.15, -0.1) is 0 Å². The van der Waals surface area contributed by atoms with Gasteiger partial charge in [-0.25, -0.2) is 0 Å². The van der Waals surface area contributed by atoms with Gasteiger partial charge in [-0.3, -0.25) is 4.99 Å². The van der Waals surface area contributed by atoms with Gasteiger partial charge in [0.15, 0.2) is 5.17 Å². The van der Waals surface area contributed by atoms with Crippen LogP contribution in [0.5, 0.6) is 0 Å². The normalized spacial score (nSPS) is 21.1. The van der Waals surface area contributed by atoms with E-state index in [-0.39, 0.29) is 0 Å². The summed E-state index contributed by atoms with van der Waals surface area (Å²) in [6, 6.07) is 0. The summed E-state index contributed by atoms with van der Waals surface area (Å²) in [6.07, 6.45) is 2.37. The van der Waals surface area contributed by atoms with E-state index in [2.05, 4.69) is 42.9 Å². The Morgan fingerprint density at radius 1 is 1.24 bits per heavy atom. The molecule has 100 valence electrons. The van der Waals surface area contributed by atoms with Gasteiger partial charge in [-0.1, -0.05) is 39.5 Å². The SMILES string of the molecule is CCN(CC)CCN=C1NC(CC)(CC)CS1. The van der Waals surface area contributed by atoms with Crippen molar-refractivity contribution in [3.63, 3.8) is 0 Å². The fraction of sp³-hybridized carbons (Fsp3) is 0.923. The van der Waals surface area contributed by atoms with Crippen molar-refractivity contribution in [2.75, 3.05) is 31.9 Å². The van der Waals surface area contributed by atoms with E-state index in [4.69, 9.17) is 0 Å². The number of amidine groups is 1. The molecular weight excluding hydrogens is 230 g/mol. The first-order chi connectivity index (χ1) is 8.19. The molecule has 1 aliphatic heterocycles. The van der Waals surface area contributed by atoms with Gasteiger partial charge in [0.25, 0.3) is 0 Å². The molecule has 1 saturated heterocycles. The fourth-order valence-corrected chi connectivity index (χ4v) is 3.42. The zero-order valence-corrected chi connectivity index (χ0v) is 12.6. The fourth-order valence-electron chi connectivity index (χ4n) is 2.05. The van der Waals surface area contributed by atoms with Crippen LogP contribution in [0, 0.1) is 0 Å². The number of nitrogens with one attached hydrogen (secondary N) is 1. The van der Waals surface area contributed by atoms with Crippen LogP contribution in [-0.4, -0.2) is 47.5 Å². The second-order valence-electron chi connectivity index (χ2n) is 4.61. The van der Waals surface area contributed by atoms with Gasteiger partial charge in [0.2, 0.25) is 0 Å². The molecule has 1 N–H and O–H groups in total. The lowest BCUT2D eigenvalue weighted by Gasteiger charge is -2.25. The highest BCUT2D eigenvalue weighted by molar-refractivity contribution is 8.14. The lowest BCUT2D eigenvalue weighted by atomic mass is 9.96. The smallest absolute Gasteiger partial charge is 0.157 e. The molecule has 0 amide bonds. The van der Waals surface area contributed by atoms with Gasteiger partial charge < -0.3 is 10.2 Å². The highest BCUT2D eigenvalue weighted by Gasteiger charge is 2.33. The number of hydrogen-bond donors (Lipinski definition) is 1. The highest BCUT2D eigenvalue weighted by Crippen LogP contribution is 2.28. The maximum Gasteiger partial charge on any atom is 0.157 e. The number of thioether (sulfide) groups is 1. The third kappa shape index (κ3) is 4.18. The molecule has 0 aromatic carbocycles. The van der Waals surface area contributed by atoms with Crippen molar-refractivity contribution in [2.45, 2.75) is 46.1 Å². The van der Waals surface area contributed by atoms with E-state index < -0.39 is 0 Å². The molecule has 1 heterocycles. The van der Waals surface area contributed by atoms with E-state index in [1.165, 1.54) is 18.6 Å². The maximum absolute atomic E-state index is 4.68. The van der Waals surface area contributed by atoms with Gasteiger partial charge in [0, 0.05) is 17.8 Å². The van der Waals surface area contributed by atoms with Gasteiger partial charge in [0.1, 0.15) is 0 Å². The number of rotatable bonds is 7. The molecule has 3 nitrogen and oxygen atoms in total. The molecule has 0 aromatic heterocycles. The minimum Gasteiger partial charge on any atom is -0.359 e. The topological polar surface area (TPSA) is 27.6 Å². The van der Waals surface area contributed by atoms with Crippen molar-refractivity contribution >= 4 is 16.9 Å². The van der Waals surface area contributed by atoms with Crippen molar-refractivity contribution in [1.29, 1.82) is 0 Å². The van der Waals surface area contributed by atoms with Gasteiger partial charge >= 0.3 is 0 Å². The predicted octanol–water partition coefficient (Wildman–Crippen LogP) is 2.58. The van der Waals surface area contributed by atoms with Crippen molar-refractivity contribution in [3.8, 4) is 0 Å². The van der Waals surface area contributed by atoms with E-state index in [0.717, 1.165) is 31.3 Å². The molecule has 17 heavy (non-hydrogen) atoms. The Kier molecular flexibility index (Phi) is 6.34. The van der Waals surface area contributed by atoms with Crippen LogP contribution in [0.1, 0.15) is 40.5 Å². The van der Waals surface area contributed by atoms with E-state index in [9.17, 15) is 0 Å². The first kappa shape index (κ1) is 14.8. The van der Waals surface area contributed by atoms with Crippen LogP contribution in [0.15, 0.2) is 4.99 Å². The summed E-state index contributed by atoms with van der Waals surface area (Å²) in [5.74, 6) is 1.17. The summed E-state index contributed by atoms with van der Waals surface area (Å²) >= 11 is 1.89. The lowest BCUT2D eigenvalue weighted by molar-refractivity contribution is 0.313. The molecule has 0 aromatic rings. The molecule has 0 aliphatic carbocycles. The summed E-state index contributed by atoms with van der Waals surface area (Å²) in [5, 5.41) is 4.76. The van der Waals surface area contributed by atoms with Crippen molar-refractivity contribution in [2.24, 2.45) is 4.99 Å². The van der Waals surface area contributed by atoms with Crippen LogP contribution < -0.4 is 5.32 Å². The zero-order valence-electron chi connectivity index (χ0n) is 11.8. The molecule has 0 saturated carbocycles. The van der Waals surface area contributed by atoms with E-state index in [1.54, 1.807) is 0 Å². The van der Waals surface area contributed by atoms with Crippen LogP contribution in [0.2, 0.25) is 0 Å². The van der Waals surface area contributed by atoms with Crippen LogP contribution in [-0.2, 0) is 0 Å². The van der Waals surface area contributed by atoms with E-state index in [0.29, 0.717) is 5.54 Å². The van der Waals surface area contributed by atoms with Crippen LogP contribution in [0.25, 0.3) is 0 Å². The number of hydrogen-bond acceptors (Lipinski definition) is 3. The molecule has 0 spiro atoms. The predicted molar refractivity (Wildman–Crippen MR) is 79.0 cm³/mol. The van der Waals surface area contributed by atoms with Crippen molar-refractivity contribution in [3.05, 3.63) is 0 Å². The Labute approximate surface area is 110 Å². The number of likely N-dealkylation sites (N-methyl/N-ethyl adjacent to an activating group) is 1. The van der Waals surface area contributed by atoms with Crippen LogP contribution in [0.4, 0.5) is 0 Å². The van der Waals surface area contributed by atoms with Crippen molar-refractivity contribution in [1.82, 2.24) is 10.2 Å². The van der Waals surface area contributed by atoms with Crippen LogP contribution in [0.3, 0.4) is 0 Å². The molecule has 1 aliphatic rings. The summed E-state index contributed by atoms with van der Waals surface area (Å²) in [4.78, 5) is 7.09. The summed E-state index contributed by atoms with van der Waals surface area (Å²) < 4.78 is 0. The standard InChI is InChI=1S/C13H27N3S/c1-5-13(6-2)11-17-12(15-13)14-9-10-16(7-3)8-4/h5-11H2,1-4H3,(H,14,15). The van der Waals surface area contributed by atoms with Crippen molar-refractivity contribution < 1.29 is 0 Å². The number of nitrogens with zero attached hydrogens (tertiary/aromatic N) is 2. The van der Waals surface area contributed by atoms with Crippen LogP contribution >= 0.6 is 11.8 Å². The van der Waals surface area contributed by atoms with E-state index >= 15 is 0 Å². The molecule has 0 radical (unpaired) electrons. The first-order valence-electron chi connectivity index (χ1n) is 6.87. The molecular formula is C13H27N3S. The Balaban J connectivity index is 2.37. The van der Waals surface area contributed by atoms with Gasteiger partial charge in [-0.2, -0.15) is 0 Å². The average Bonchev–Trinajstić information content (AvgIpc) is 2.79. The largest absolute Gasteiger partial charge is 0.359 e. The quantitative estimate of drug-likeness (QED) is 0.759. The summed E-state index contributed by atoms with van der Waals surface area (Å²) in [5.41, 5.74) is 0.304. The minimum absolute atomic E-state index is 0.304. The molecule has 0 atom stereocenters. The first-order valence-corrected chi connectivity index (χ1v) is 7.86. The third-order valence-corrected chi connectivity index (χ3v) is 4.98. The Hall–Kier alpha value is -0.220. The second kappa shape index (κ2) is 7.27. The number of aliphatic imine (C=N–C) groups is 1. The summed E-state index contributed by atoms with van der Waals surface area (Å²) in [6.45, 7) is 13.2. The lowest BCUT2D eigenvalue weighted by Crippen LogP contribution is -2.42. The average molecular weight is 257 g/mol. The Morgan fingerprint density at radius 3 is 2.35 bits per heavy atom. The molecule has 1 fully saturated rings. The third-order valence-electron chi connectivity index (χ3n) is 3.78.